The maximum Gasteiger partial charge on any atom is 0.330 e. The van der Waals surface area contributed by atoms with E-state index >= 15 is 0 Å². The number of hydrogen-bond acceptors (Lipinski definition) is 7. The lowest BCUT2D eigenvalue weighted by molar-refractivity contribution is -0.0459. The van der Waals surface area contributed by atoms with Gasteiger partial charge in [0.05, 0.1) is 18.3 Å². The number of hydrogen-bond donors (Lipinski definition) is 4. The molecule has 2 aromatic rings. The number of H-pyrrole nitrogens is 1. The number of aliphatic hydroxyl groups is 2. The topological polar surface area (TPSA) is 151 Å². The molecule has 10 nitrogen and oxygen atoms in total. The Labute approximate surface area is 195 Å². The molecule has 0 aliphatic carbocycles. The number of nitrogens with one attached hydrogen (secondary N) is 2. The first-order valence-electron chi connectivity index (χ1n) is 10.9. The first-order chi connectivity index (χ1) is 16.0. The Kier molecular flexibility index (Phi) is 7.65. The lowest BCUT2D eigenvalue weighted by Crippen LogP contribution is -2.33. The SMILES string of the molecule is CC(C)(C)C(=O)c1ccc(C(=O)NCC=Cc2cn([C@H]3C[C@H](O)[C@@H](CO)O3)c(=O)[nH]c2=O)cc1. The van der Waals surface area contributed by atoms with Crippen LogP contribution in [0.2, 0.25) is 0 Å². The van der Waals surface area contributed by atoms with E-state index in [1.54, 1.807) is 30.3 Å². The van der Waals surface area contributed by atoms with E-state index in [0.29, 0.717) is 11.1 Å². The van der Waals surface area contributed by atoms with Gasteiger partial charge in [0.2, 0.25) is 0 Å². The first kappa shape index (κ1) is 25.3. The van der Waals surface area contributed by atoms with Gasteiger partial charge in [-0.3, -0.25) is 23.9 Å². The van der Waals surface area contributed by atoms with Crippen molar-refractivity contribution in [2.45, 2.75) is 45.6 Å². The smallest absolute Gasteiger partial charge is 0.330 e. The Balaban J connectivity index is 1.63. The van der Waals surface area contributed by atoms with Gasteiger partial charge in [0.1, 0.15) is 12.3 Å². The number of ether oxygens (including phenoxy) is 1. The fourth-order valence-corrected chi connectivity index (χ4v) is 3.53. The predicted octanol–water partition coefficient (Wildman–Crippen LogP) is 0.849. The number of carbonyl (C=O) groups is 2. The average Bonchev–Trinajstić information content (AvgIpc) is 3.17. The van der Waals surface area contributed by atoms with E-state index in [1.807, 2.05) is 20.8 Å². The van der Waals surface area contributed by atoms with Gasteiger partial charge in [-0.15, -0.1) is 0 Å². The highest BCUT2D eigenvalue weighted by Crippen LogP contribution is 2.27. The summed E-state index contributed by atoms with van der Waals surface area (Å²) >= 11 is 0. The van der Waals surface area contributed by atoms with Crippen molar-refractivity contribution in [3.63, 3.8) is 0 Å². The predicted molar refractivity (Wildman–Crippen MR) is 125 cm³/mol. The van der Waals surface area contributed by atoms with Crippen LogP contribution < -0.4 is 16.6 Å². The molecule has 1 aromatic carbocycles. The molecule has 0 saturated carbocycles. The zero-order valence-corrected chi connectivity index (χ0v) is 19.3. The second-order valence-corrected chi connectivity index (χ2v) is 9.13. The first-order valence-corrected chi connectivity index (χ1v) is 10.9. The van der Waals surface area contributed by atoms with Crippen LogP contribution in [0.4, 0.5) is 0 Å². The van der Waals surface area contributed by atoms with Gasteiger partial charge >= 0.3 is 5.69 Å². The minimum Gasteiger partial charge on any atom is -0.394 e. The molecule has 1 aromatic heterocycles. The number of Topliss-reactive ketones (excluding diaryl/α,β-unsaturated/α-hetero) is 1. The Morgan fingerprint density at radius 1 is 1.21 bits per heavy atom. The van der Waals surface area contributed by atoms with Crippen LogP contribution >= 0.6 is 0 Å². The highest BCUT2D eigenvalue weighted by Gasteiger charge is 2.35. The molecule has 1 aliphatic heterocycles. The van der Waals surface area contributed by atoms with E-state index < -0.39 is 41.7 Å². The average molecular weight is 472 g/mol. The largest absolute Gasteiger partial charge is 0.394 e. The van der Waals surface area contributed by atoms with Crippen LogP contribution in [0.3, 0.4) is 0 Å². The van der Waals surface area contributed by atoms with E-state index in [9.17, 15) is 29.4 Å². The molecule has 0 bridgehead atoms. The molecule has 1 saturated heterocycles. The third-order valence-corrected chi connectivity index (χ3v) is 5.46. The Morgan fingerprint density at radius 3 is 2.44 bits per heavy atom. The summed E-state index contributed by atoms with van der Waals surface area (Å²) in [7, 11) is 0. The molecule has 34 heavy (non-hydrogen) atoms. The lowest BCUT2D eigenvalue weighted by Gasteiger charge is -2.16. The molecular weight excluding hydrogens is 442 g/mol. The van der Waals surface area contributed by atoms with E-state index in [1.165, 1.54) is 12.3 Å². The molecule has 10 heteroatoms. The van der Waals surface area contributed by atoms with Crippen molar-refractivity contribution in [2.75, 3.05) is 13.2 Å². The van der Waals surface area contributed by atoms with Crippen LogP contribution in [0.15, 0.2) is 46.1 Å². The van der Waals surface area contributed by atoms with Crippen LogP contribution in [-0.2, 0) is 4.74 Å². The van der Waals surface area contributed by atoms with Crippen molar-refractivity contribution in [1.29, 1.82) is 0 Å². The fourth-order valence-electron chi connectivity index (χ4n) is 3.53. The third kappa shape index (κ3) is 5.77. The van der Waals surface area contributed by atoms with E-state index in [-0.39, 0.29) is 30.2 Å². The van der Waals surface area contributed by atoms with Crippen LogP contribution in [0.5, 0.6) is 0 Å². The lowest BCUT2D eigenvalue weighted by atomic mass is 9.86. The molecule has 1 aliphatic rings. The number of benzene rings is 1. The number of aliphatic hydroxyl groups excluding tert-OH is 2. The van der Waals surface area contributed by atoms with Crippen molar-refractivity contribution in [3.8, 4) is 0 Å². The Morgan fingerprint density at radius 2 is 1.85 bits per heavy atom. The number of ketones is 1. The number of carbonyl (C=O) groups excluding carboxylic acids is 2. The molecule has 182 valence electrons. The molecule has 3 atom stereocenters. The minimum atomic E-state index is -0.927. The molecule has 0 unspecified atom stereocenters. The van der Waals surface area contributed by atoms with Crippen LogP contribution in [0, 0.1) is 5.41 Å². The number of aromatic nitrogens is 2. The molecule has 0 radical (unpaired) electrons. The van der Waals surface area contributed by atoms with Gasteiger partial charge in [-0.1, -0.05) is 45.1 Å². The van der Waals surface area contributed by atoms with Gasteiger partial charge in [0, 0.05) is 35.7 Å². The Bertz CT molecular complexity index is 1190. The number of aromatic amines is 1. The summed E-state index contributed by atoms with van der Waals surface area (Å²) in [5.74, 6) is -0.361. The zero-order chi connectivity index (χ0) is 25.0. The third-order valence-electron chi connectivity index (χ3n) is 5.46. The van der Waals surface area contributed by atoms with Gasteiger partial charge in [0.15, 0.2) is 5.78 Å². The second-order valence-electron chi connectivity index (χ2n) is 9.13. The van der Waals surface area contributed by atoms with Crippen LogP contribution in [-0.4, -0.2) is 56.8 Å². The summed E-state index contributed by atoms with van der Waals surface area (Å²) in [6.07, 6.45) is 1.85. The van der Waals surface area contributed by atoms with Crippen molar-refractivity contribution in [1.82, 2.24) is 14.9 Å². The number of rotatable bonds is 7. The zero-order valence-electron chi connectivity index (χ0n) is 19.3. The summed E-state index contributed by atoms with van der Waals surface area (Å²) < 4.78 is 6.62. The van der Waals surface area contributed by atoms with Crippen LogP contribution in [0.1, 0.15) is 59.7 Å². The summed E-state index contributed by atoms with van der Waals surface area (Å²) in [6, 6.07) is 6.39. The monoisotopic (exact) mass is 471 g/mol. The highest BCUT2D eigenvalue weighted by atomic mass is 16.5. The standard InChI is InChI=1S/C24H29N3O7/c1-24(2,3)20(30)14-6-8-15(9-7-14)21(31)25-10-4-5-16-12-27(23(33)26-22(16)32)19-11-17(29)18(13-28)34-19/h4-9,12,17-19,28-29H,10-11,13H2,1-3H3,(H,25,31)(H,26,32,33)/t17-,18+,19+/m0/s1. The number of nitrogens with zero attached hydrogens (tertiary/aromatic N) is 1. The summed E-state index contributed by atoms with van der Waals surface area (Å²) in [6.45, 7) is 5.21. The molecular formula is C24H29N3O7. The molecule has 4 N–H and O–H groups in total. The second kappa shape index (κ2) is 10.3. The fraction of sp³-hybridized carbons (Fsp3) is 0.417. The van der Waals surface area contributed by atoms with Crippen molar-refractivity contribution < 1.29 is 24.5 Å². The van der Waals surface area contributed by atoms with Crippen LogP contribution in [0.25, 0.3) is 6.08 Å². The van der Waals surface area contributed by atoms with Gasteiger partial charge in [-0.25, -0.2) is 4.79 Å². The molecule has 0 spiro atoms. The van der Waals surface area contributed by atoms with Gasteiger partial charge in [0.25, 0.3) is 11.5 Å². The Hall–Kier alpha value is -3.34. The molecule has 2 heterocycles. The minimum absolute atomic E-state index is 0.0154. The van der Waals surface area contributed by atoms with E-state index in [0.717, 1.165) is 4.57 Å². The summed E-state index contributed by atoms with van der Waals surface area (Å²) in [5, 5.41) is 21.8. The normalized spacial score (nSPS) is 20.6. The maximum absolute atomic E-state index is 12.4. The maximum atomic E-state index is 12.4. The van der Waals surface area contributed by atoms with Gasteiger partial charge < -0.3 is 20.3 Å². The molecule has 3 rings (SSSR count). The van der Waals surface area contributed by atoms with Gasteiger partial charge in [-0.2, -0.15) is 0 Å². The molecule has 1 fully saturated rings. The van der Waals surface area contributed by atoms with E-state index in [2.05, 4.69) is 10.3 Å². The van der Waals surface area contributed by atoms with Crippen molar-refractivity contribution >= 4 is 17.8 Å². The molecule has 1 amide bonds. The summed E-state index contributed by atoms with van der Waals surface area (Å²) in [5.41, 5.74) is -0.744. The number of amides is 1. The summed E-state index contributed by atoms with van der Waals surface area (Å²) in [4.78, 5) is 51.2. The van der Waals surface area contributed by atoms with E-state index in [4.69, 9.17) is 4.74 Å². The van der Waals surface area contributed by atoms with Crippen molar-refractivity contribution in [2.24, 2.45) is 5.41 Å². The highest BCUT2D eigenvalue weighted by molar-refractivity contribution is 6.01. The van der Waals surface area contributed by atoms with Crippen molar-refractivity contribution in [3.05, 3.63) is 74.1 Å². The van der Waals surface area contributed by atoms with Gasteiger partial charge in [-0.05, 0) is 12.1 Å². The quantitative estimate of drug-likeness (QED) is 0.437.